The molecule has 5 N–H and O–H groups in total. The van der Waals surface area contributed by atoms with Gasteiger partial charge in [0.1, 0.15) is 24.2 Å². The predicted molar refractivity (Wildman–Crippen MR) is 269 cm³/mol. The number of anilines is 3. The summed E-state index contributed by atoms with van der Waals surface area (Å²) < 4.78 is 11.7. The van der Waals surface area contributed by atoms with Crippen molar-refractivity contribution >= 4 is 80.6 Å². The number of hydrogen-bond donors (Lipinski definition) is 5. The van der Waals surface area contributed by atoms with Gasteiger partial charge in [-0.05, 0) is 78.8 Å². The van der Waals surface area contributed by atoms with Gasteiger partial charge in [0.05, 0.1) is 25.3 Å². The number of benzene rings is 5. The summed E-state index contributed by atoms with van der Waals surface area (Å²) in [7, 11) is 2.44. The fourth-order valence-electron chi connectivity index (χ4n) is 9.28. The molecule has 1 aromatic heterocycles. The van der Waals surface area contributed by atoms with Crippen LogP contribution in [0.5, 0.6) is 0 Å². The number of rotatable bonds is 13. The van der Waals surface area contributed by atoms with E-state index in [2.05, 4.69) is 31.2 Å². The summed E-state index contributed by atoms with van der Waals surface area (Å²) in [5, 5.41) is 16.1. The van der Waals surface area contributed by atoms with Crippen LogP contribution in [0.25, 0.3) is 21.8 Å². The third kappa shape index (κ3) is 11.0. The number of amides is 7. The number of likely N-dealkylation sites (tertiary alicyclic amines) is 2. The van der Waals surface area contributed by atoms with E-state index < -0.39 is 53.6 Å². The molecule has 0 aliphatic carbocycles. The molecule has 3 heterocycles. The third-order valence-corrected chi connectivity index (χ3v) is 12.9. The first kappa shape index (κ1) is 49.2. The number of ether oxygens (including phenoxy) is 2. The highest BCUT2D eigenvalue weighted by atomic mass is 16.5. The zero-order valence-electron chi connectivity index (χ0n) is 40.3. The normalized spacial score (nSPS) is 16.5. The summed E-state index contributed by atoms with van der Waals surface area (Å²) in [4.78, 5) is 97.4. The average Bonchev–Trinajstić information content (AvgIpc) is 4.14. The van der Waals surface area contributed by atoms with E-state index in [-0.39, 0.29) is 17.7 Å². The molecule has 8 rings (SSSR count). The molecule has 6 aromatic rings. The van der Waals surface area contributed by atoms with E-state index in [1.165, 1.54) is 24.0 Å². The first-order valence-corrected chi connectivity index (χ1v) is 23.6. The van der Waals surface area contributed by atoms with Crippen molar-refractivity contribution in [2.24, 2.45) is 5.41 Å². The van der Waals surface area contributed by atoms with Gasteiger partial charge in [-0.1, -0.05) is 106 Å². The van der Waals surface area contributed by atoms with Gasteiger partial charge in [-0.2, -0.15) is 0 Å². The van der Waals surface area contributed by atoms with E-state index in [1.807, 2.05) is 69.3 Å². The highest BCUT2D eigenvalue weighted by Crippen LogP contribution is 2.35. The Labute approximate surface area is 411 Å². The van der Waals surface area contributed by atoms with Crippen LogP contribution in [-0.4, -0.2) is 95.5 Å². The van der Waals surface area contributed by atoms with Crippen molar-refractivity contribution in [2.75, 3.05) is 43.3 Å². The van der Waals surface area contributed by atoms with Gasteiger partial charge in [-0.3, -0.25) is 24.0 Å². The van der Waals surface area contributed by atoms with Crippen LogP contribution in [0.1, 0.15) is 75.2 Å². The molecule has 2 aliphatic heterocycles. The maximum atomic E-state index is 14.2. The van der Waals surface area contributed by atoms with Crippen molar-refractivity contribution in [3.05, 3.63) is 138 Å². The van der Waals surface area contributed by atoms with Gasteiger partial charge in [0.25, 0.3) is 11.8 Å². The van der Waals surface area contributed by atoms with Gasteiger partial charge in [-0.25, -0.2) is 9.59 Å². The largest absolute Gasteiger partial charge is 0.453 e. The summed E-state index contributed by atoms with van der Waals surface area (Å²) in [5.74, 6) is -1.77. The van der Waals surface area contributed by atoms with E-state index in [4.69, 9.17) is 9.47 Å². The summed E-state index contributed by atoms with van der Waals surface area (Å²) >= 11 is 0. The van der Waals surface area contributed by atoms with Crippen molar-refractivity contribution in [3.8, 4) is 0 Å². The molecule has 0 bridgehead atoms. The number of methoxy groups -OCH3 is 2. The number of nitrogens with one attached hydrogen (secondary N) is 5. The molecule has 368 valence electrons. The van der Waals surface area contributed by atoms with Gasteiger partial charge in [0.2, 0.25) is 17.7 Å². The molecule has 2 fully saturated rings. The van der Waals surface area contributed by atoms with Crippen LogP contribution in [-0.2, 0) is 40.0 Å². The summed E-state index contributed by atoms with van der Waals surface area (Å²) in [5.41, 5.74) is 4.46. The molecule has 17 heteroatoms. The topological polar surface area (TPSA) is 210 Å². The maximum Gasteiger partial charge on any atom is 0.407 e. The number of alkyl carbamates (subject to hydrolysis) is 2. The molecule has 0 radical (unpaired) electrons. The Morgan fingerprint density at radius 1 is 0.563 bits per heavy atom. The van der Waals surface area contributed by atoms with Crippen LogP contribution < -0.4 is 26.6 Å². The number of carbonyl (C=O) groups excluding carboxylic acids is 7. The second kappa shape index (κ2) is 21.2. The molecular formula is C54H58N8O9. The zero-order valence-corrected chi connectivity index (χ0v) is 40.3. The summed E-state index contributed by atoms with van der Waals surface area (Å²) in [6.07, 6.45) is 0.454. The van der Waals surface area contributed by atoms with Crippen LogP contribution in [0.3, 0.4) is 0 Å². The lowest BCUT2D eigenvalue weighted by molar-refractivity contribution is -0.138. The molecule has 2 saturated heterocycles. The number of aromatic nitrogens is 1. The van der Waals surface area contributed by atoms with Crippen molar-refractivity contribution < 1.29 is 43.0 Å². The molecular weight excluding hydrogens is 905 g/mol. The Morgan fingerprint density at radius 2 is 1.01 bits per heavy atom. The first-order valence-electron chi connectivity index (χ1n) is 23.6. The Morgan fingerprint density at radius 3 is 1.45 bits per heavy atom. The van der Waals surface area contributed by atoms with E-state index >= 15 is 0 Å². The molecule has 0 spiro atoms. The Balaban J connectivity index is 1.10. The zero-order chi connectivity index (χ0) is 50.4. The minimum absolute atomic E-state index is 0.136. The summed E-state index contributed by atoms with van der Waals surface area (Å²) in [6.45, 7) is 6.49. The Kier molecular flexibility index (Phi) is 14.7. The van der Waals surface area contributed by atoms with Crippen LogP contribution in [0.2, 0.25) is 0 Å². The van der Waals surface area contributed by atoms with E-state index in [9.17, 15) is 33.6 Å². The fraction of sp³-hybridized carbons (Fsp3) is 0.315. The molecule has 17 nitrogen and oxygen atoms in total. The second-order valence-electron chi connectivity index (χ2n) is 18.8. The minimum Gasteiger partial charge on any atom is -0.453 e. The molecule has 0 saturated carbocycles. The van der Waals surface area contributed by atoms with Gasteiger partial charge in [0.15, 0.2) is 0 Å². The van der Waals surface area contributed by atoms with Crippen molar-refractivity contribution in [3.63, 3.8) is 0 Å². The number of nitrogens with zero attached hydrogens (tertiary/aromatic N) is 3. The fourth-order valence-corrected chi connectivity index (χ4v) is 9.28. The molecule has 4 atom stereocenters. The van der Waals surface area contributed by atoms with Crippen LogP contribution in [0, 0.1) is 5.41 Å². The minimum atomic E-state index is -1.07. The maximum absolute atomic E-state index is 14.2. The van der Waals surface area contributed by atoms with Gasteiger partial charge >= 0.3 is 12.2 Å². The SMILES string of the molecule is COC(=O)N[C@@H](C(=O)N1CCC[C@H]1C(=O)Nc1ccc2c3ccc(NC(=O)[C@@H]4CCCN4C(=O)[C@H](NC(=O)OC)c4ccccc4)cc3n(Cc3cccc(NC(=O)C(C)(C)C)c3)c2c1)c1ccccc1. The highest BCUT2D eigenvalue weighted by molar-refractivity contribution is 6.11. The lowest BCUT2D eigenvalue weighted by atomic mass is 9.95. The van der Waals surface area contributed by atoms with E-state index in [1.54, 1.807) is 72.8 Å². The molecule has 7 amide bonds. The molecule has 71 heavy (non-hydrogen) atoms. The number of fused-ring (bicyclic) bond motifs is 3. The number of hydrogen-bond acceptors (Lipinski definition) is 9. The van der Waals surface area contributed by atoms with Crippen molar-refractivity contribution in [1.82, 2.24) is 25.0 Å². The predicted octanol–water partition coefficient (Wildman–Crippen LogP) is 7.88. The smallest absolute Gasteiger partial charge is 0.407 e. The molecule has 2 aliphatic rings. The quantitative estimate of drug-likeness (QED) is 0.0762. The monoisotopic (exact) mass is 962 g/mol. The first-order chi connectivity index (χ1) is 34.1. The lowest BCUT2D eigenvalue weighted by Gasteiger charge is -2.28. The Bertz CT molecular complexity index is 2830. The van der Waals surface area contributed by atoms with Gasteiger partial charge < -0.3 is 50.4 Å². The third-order valence-electron chi connectivity index (χ3n) is 12.9. The lowest BCUT2D eigenvalue weighted by Crippen LogP contribution is -2.48. The summed E-state index contributed by atoms with van der Waals surface area (Å²) in [6, 6.07) is 32.6. The molecule has 0 unspecified atom stereocenters. The van der Waals surface area contributed by atoms with E-state index in [0.29, 0.717) is 73.5 Å². The van der Waals surface area contributed by atoms with Gasteiger partial charge in [-0.15, -0.1) is 0 Å². The van der Waals surface area contributed by atoms with E-state index in [0.717, 1.165) is 27.4 Å². The van der Waals surface area contributed by atoms with Crippen molar-refractivity contribution in [1.29, 1.82) is 0 Å². The standard InChI is InChI=1S/C54H58N8O9/c1-54(2,3)51(67)57-36-20-12-15-33(29-36)32-62-43-30-37(55-47(63)41-21-13-27-60(41)49(65)45(58-52(68)70-4)34-16-8-6-9-17-34)23-25-39(43)40-26-24-38(31-44(40)62)56-48(64)42-22-14-28-61(42)50(66)46(59-53(69)71-5)35-18-10-7-11-19-35/h6-12,15-20,23-26,29-31,41-42,45-46H,13-14,21-22,27-28,32H2,1-5H3,(H,55,63)(H,56,64)(H,57,67)(H,58,68)(H,59,69)/t41-,42-,45+,46+/m0/s1. The van der Waals surface area contributed by atoms with Crippen molar-refractivity contribution in [2.45, 2.75) is 77.2 Å². The Hall–Kier alpha value is -8.21. The number of carbonyl (C=O) groups is 7. The highest BCUT2D eigenvalue weighted by Gasteiger charge is 2.40. The second-order valence-corrected chi connectivity index (χ2v) is 18.8. The average molecular weight is 963 g/mol. The van der Waals surface area contributed by atoms with Gasteiger partial charge in [0, 0.05) is 52.9 Å². The van der Waals surface area contributed by atoms with Crippen LogP contribution in [0.4, 0.5) is 26.7 Å². The molecule has 5 aromatic carbocycles. The van der Waals surface area contributed by atoms with Crippen LogP contribution in [0.15, 0.2) is 121 Å². The van der Waals surface area contributed by atoms with Crippen LogP contribution >= 0.6 is 0 Å².